The van der Waals surface area contributed by atoms with Gasteiger partial charge in [-0.25, -0.2) is 0 Å². The summed E-state index contributed by atoms with van der Waals surface area (Å²) in [5, 5.41) is 0. The van der Waals surface area contributed by atoms with Crippen LogP contribution in [0.5, 0.6) is 0 Å². The van der Waals surface area contributed by atoms with Crippen LogP contribution in [0.1, 0.15) is 31.4 Å². The Morgan fingerprint density at radius 3 is 2.47 bits per heavy atom. The van der Waals surface area contributed by atoms with Crippen LogP contribution in [0.4, 0.5) is 18.9 Å². The van der Waals surface area contributed by atoms with E-state index in [2.05, 4.69) is 6.92 Å². The first kappa shape index (κ1) is 14.5. The topological polar surface area (TPSA) is 3.24 Å². The van der Waals surface area contributed by atoms with E-state index in [1.165, 1.54) is 12.1 Å². The van der Waals surface area contributed by atoms with Crippen molar-refractivity contribution in [3.8, 4) is 0 Å². The third-order valence-corrected chi connectivity index (χ3v) is 3.95. The molecule has 1 heterocycles. The molecule has 0 N–H and O–H groups in total. The third-order valence-electron chi connectivity index (χ3n) is 3.66. The highest BCUT2D eigenvalue weighted by Gasteiger charge is 2.35. The second kappa shape index (κ2) is 5.23. The number of hydrogen-bond donors (Lipinski definition) is 0. The summed E-state index contributed by atoms with van der Waals surface area (Å²) in [4.78, 5) is 2.04. The van der Waals surface area contributed by atoms with E-state index in [1.807, 2.05) is 11.8 Å². The van der Waals surface area contributed by atoms with E-state index in [4.69, 9.17) is 11.6 Å². The highest BCUT2D eigenvalue weighted by Crippen LogP contribution is 2.37. The lowest BCUT2D eigenvalue weighted by Crippen LogP contribution is -2.27. The van der Waals surface area contributed by atoms with Crippen molar-refractivity contribution in [3.63, 3.8) is 0 Å². The monoisotopic (exact) mass is 291 g/mol. The van der Waals surface area contributed by atoms with E-state index in [1.54, 1.807) is 6.07 Å². The van der Waals surface area contributed by atoms with E-state index in [9.17, 15) is 13.2 Å². The molecule has 5 heteroatoms. The molecule has 1 saturated heterocycles. The number of halogens is 4. The Balaban J connectivity index is 2.38. The molecule has 0 radical (unpaired) electrons. The smallest absolute Gasteiger partial charge is 0.369 e. The minimum absolute atomic E-state index is 0.124. The Hall–Kier alpha value is -0.900. The van der Waals surface area contributed by atoms with Crippen LogP contribution < -0.4 is 4.90 Å². The summed E-state index contributed by atoms with van der Waals surface area (Å²) >= 11 is 5.59. The van der Waals surface area contributed by atoms with Gasteiger partial charge in [0.2, 0.25) is 0 Å². The fourth-order valence-electron chi connectivity index (χ4n) is 2.78. The molecule has 0 bridgehead atoms. The predicted octanol–water partition coefficient (Wildman–Crippen LogP) is 4.68. The lowest BCUT2D eigenvalue weighted by molar-refractivity contribution is -0.138. The zero-order valence-corrected chi connectivity index (χ0v) is 11.7. The average Bonchev–Trinajstić information content (AvgIpc) is 2.66. The molecule has 0 aromatic heterocycles. The minimum Gasteiger partial charge on any atom is -0.369 e. The van der Waals surface area contributed by atoms with Gasteiger partial charge in [0.15, 0.2) is 0 Å². The summed E-state index contributed by atoms with van der Waals surface area (Å²) in [6, 6.07) is 4.73. The van der Waals surface area contributed by atoms with Crippen LogP contribution in [0, 0.1) is 5.92 Å². The van der Waals surface area contributed by atoms with E-state index >= 15 is 0 Å². The first-order valence-electron chi connectivity index (χ1n) is 6.35. The highest BCUT2D eigenvalue weighted by molar-refractivity contribution is 6.17. The summed E-state index contributed by atoms with van der Waals surface area (Å²) in [5.74, 6) is 0.387. The second-order valence-corrected chi connectivity index (χ2v) is 5.58. The molecule has 2 unspecified atom stereocenters. The Morgan fingerprint density at radius 2 is 2.00 bits per heavy atom. The summed E-state index contributed by atoms with van der Waals surface area (Å²) in [5.41, 5.74) is 0.155. The molecule has 1 nitrogen and oxygen atoms in total. The number of anilines is 1. The Bertz CT molecular complexity index is 458. The van der Waals surface area contributed by atoms with Gasteiger partial charge in [-0.2, -0.15) is 13.2 Å². The van der Waals surface area contributed by atoms with Crippen molar-refractivity contribution in [1.82, 2.24) is 0 Å². The van der Waals surface area contributed by atoms with E-state index in [0.29, 0.717) is 11.6 Å². The number of benzene rings is 1. The largest absolute Gasteiger partial charge is 0.416 e. The third kappa shape index (κ3) is 2.99. The molecule has 0 aliphatic carbocycles. The number of nitrogens with zero attached hydrogens (tertiary/aromatic N) is 1. The van der Waals surface area contributed by atoms with Crippen molar-refractivity contribution >= 4 is 17.3 Å². The number of rotatable bonds is 2. The van der Waals surface area contributed by atoms with Gasteiger partial charge < -0.3 is 4.90 Å². The number of hydrogen-bond acceptors (Lipinski definition) is 1. The molecule has 19 heavy (non-hydrogen) atoms. The van der Waals surface area contributed by atoms with Crippen LogP contribution in [0.3, 0.4) is 0 Å². The Labute approximate surface area is 116 Å². The molecule has 0 saturated carbocycles. The standard InChI is InChI=1S/C14H17ClF3N/c1-9-5-10(2)19(8-9)12-4-3-11(7-15)13(6-12)14(16,17)18/h3-4,6,9-10H,5,7-8H2,1-2H3. The molecule has 2 rings (SSSR count). The Kier molecular flexibility index (Phi) is 4.00. The van der Waals surface area contributed by atoms with Crippen molar-refractivity contribution in [2.24, 2.45) is 5.92 Å². The fraction of sp³-hybridized carbons (Fsp3) is 0.571. The first-order chi connectivity index (χ1) is 8.82. The maximum absolute atomic E-state index is 13.0. The normalized spacial score (nSPS) is 24.0. The van der Waals surface area contributed by atoms with Gasteiger partial charge in [-0.3, -0.25) is 0 Å². The van der Waals surface area contributed by atoms with Crippen molar-refractivity contribution in [1.29, 1.82) is 0 Å². The zero-order chi connectivity index (χ0) is 14.2. The van der Waals surface area contributed by atoms with Crippen LogP contribution >= 0.6 is 11.6 Å². The molecular formula is C14H17ClF3N. The van der Waals surface area contributed by atoms with Crippen LogP contribution in [0.2, 0.25) is 0 Å². The molecule has 2 atom stereocenters. The second-order valence-electron chi connectivity index (χ2n) is 5.32. The van der Waals surface area contributed by atoms with Crippen LogP contribution in [-0.4, -0.2) is 12.6 Å². The lowest BCUT2D eigenvalue weighted by Gasteiger charge is -2.25. The zero-order valence-electron chi connectivity index (χ0n) is 11.0. The fourth-order valence-corrected chi connectivity index (χ4v) is 3.02. The van der Waals surface area contributed by atoms with Gasteiger partial charge in [-0.1, -0.05) is 13.0 Å². The van der Waals surface area contributed by atoms with Crippen molar-refractivity contribution in [2.75, 3.05) is 11.4 Å². The van der Waals surface area contributed by atoms with E-state index < -0.39 is 11.7 Å². The summed E-state index contributed by atoms with van der Waals surface area (Å²) in [7, 11) is 0. The van der Waals surface area contributed by atoms with Gasteiger partial charge in [-0.15, -0.1) is 11.6 Å². The molecule has 106 valence electrons. The van der Waals surface area contributed by atoms with Crippen LogP contribution in [0.15, 0.2) is 18.2 Å². The summed E-state index contributed by atoms with van der Waals surface area (Å²) in [6.07, 6.45) is -3.34. The van der Waals surface area contributed by atoms with Crippen molar-refractivity contribution in [3.05, 3.63) is 29.3 Å². The molecule has 1 aromatic carbocycles. The lowest BCUT2D eigenvalue weighted by atomic mass is 10.1. The van der Waals surface area contributed by atoms with Gasteiger partial charge >= 0.3 is 6.18 Å². The van der Waals surface area contributed by atoms with E-state index in [0.717, 1.165) is 13.0 Å². The maximum Gasteiger partial charge on any atom is 0.416 e. The Morgan fingerprint density at radius 1 is 1.32 bits per heavy atom. The summed E-state index contributed by atoms with van der Waals surface area (Å²) in [6.45, 7) is 4.97. The van der Waals surface area contributed by atoms with Crippen molar-refractivity contribution in [2.45, 2.75) is 38.4 Å². The molecule has 1 aromatic rings. The van der Waals surface area contributed by atoms with Crippen molar-refractivity contribution < 1.29 is 13.2 Å². The average molecular weight is 292 g/mol. The summed E-state index contributed by atoms with van der Waals surface area (Å²) < 4.78 is 39.0. The highest BCUT2D eigenvalue weighted by atomic mass is 35.5. The van der Waals surface area contributed by atoms with Crippen LogP contribution in [0.25, 0.3) is 0 Å². The quantitative estimate of drug-likeness (QED) is 0.715. The molecular weight excluding hydrogens is 275 g/mol. The predicted molar refractivity (Wildman–Crippen MR) is 71.6 cm³/mol. The maximum atomic E-state index is 13.0. The SMILES string of the molecule is CC1CC(C)N(c2ccc(CCl)c(C(F)(F)F)c2)C1. The molecule has 1 fully saturated rings. The van der Waals surface area contributed by atoms with Gasteiger partial charge in [0.1, 0.15) is 0 Å². The van der Waals surface area contributed by atoms with Gasteiger partial charge in [-0.05, 0) is 37.0 Å². The number of alkyl halides is 4. The molecule has 1 aliphatic rings. The van der Waals surface area contributed by atoms with Crippen LogP contribution in [-0.2, 0) is 12.1 Å². The molecule has 0 amide bonds. The molecule has 0 spiro atoms. The minimum atomic E-state index is -4.35. The molecule has 1 aliphatic heterocycles. The van der Waals surface area contributed by atoms with Gasteiger partial charge in [0, 0.05) is 24.2 Å². The van der Waals surface area contributed by atoms with Gasteiger partial charge in [0.05, 0.1) is 5.56 Å². The first-order valence-corrected chi connectivity index (χ1v) is 6.89. The van der Waals surface area contributed by atoms with Gasteiger partial charge in [0.25, 0.3) is 0 Å². The van der Waals surface area contributed by atoms with E-state index in [-0.39, 0.29) is 17.5 Å².